The first kappa shape index (κ1) is 16.6. The molecule has 1 aliphatic heterocycles. The smallest absolute Gasteiger partial charge is 0.409 e. The minimum atomic E-state index is -0.278. The number of hydrogen-bond donors (Lipinski definition) is 2. The monoisotopic (exact) mass is 351 g/mol. The number of fused-ring (bicyclic) bond motifs is 1. The van der Waals surface area contributed by atoms with Gasteiger partial charge in [0.2, 0.25) is 0 Å². The van der Waals surface area contributed by atoms with E-state index in [-0.39, 0.29) is 18.2 Å². The number of rotatable bonds is 4. The van der Waals surface area contributed by atoms with Crippen LogP contribution in [0.25, 0.3) is 4.96 Å². The van der Waals surface area contributed by atoms with Crippen LogP contribution in [0.2, 0.25) is 0 Å². The maximum absolute atomic E-state index is 12.0. The highest BCUT2D eigenvalue weighted by Crippen LogP contribution is 2.12. The molecule has 3 rings (SSSR count). The molecule has 3 heterocycles. The standard InChI is InChI=1S/C15H21N5O3S/c1-2-23-15(22)19-5-3-11(4-6-19)17-13(21)16-9-12-10-20-7-8-24-14(20)18-12/h7-8,10-11H,2-6,9H2,1H3,(H2,16,17,21). The fourth-order valence-corrected chi connectivity index (χ4v) is 3.41. The number of amides is 3. The first-order chi connectivity index (χ1) is 11.7. The van der Waals surface area contributed by atoms with Crippen molar-refractivity contribution in [3.05, 3.63) is 23.5 Å². The Balaban J connectivity index is 1.39. The van der Waals surface area contributed by atoms with E-state index in [0.29, 0.717) is 26.2 Å². The van der Waals surface area contributed by atoms with Crippen LogP contribution in [-0.4, -0.2) is 52.1 Å². The summed E-state index contributed by atoms with van der Waals surface area (Å²) in [4.78, 5) is 30.6. The summed E-state index contributed by atoms with van der Waals surface area (Å²) >= 11 is 1.56. The van der Waals surface area contributed by atoms with Gasteiger partial charge in [0, 0.05) is 36.9 Å². The normalized spacial score (nSPS) is 15.5. The van der Waals surface area contributed by atoms with Crippen LogP contribution in [0.4, 0.5) is 9.59 Å². The zero-order chi connectivity index (χ0) is 16.9. The lowest BCUT2D eigenvalue weighted by Crippen LogP contribution is -2.49. The summed E-state index contributed by atoms with van der Waals surface area (Å²) in [6, 6.07) is -0.137. The molecule has 130 valence electrons. The predicted molar refractivity (Wildman–Crippen MR) is 90.1 cm³/mol. The number of nitrogens with zero attached hydrogens (tertiary/aromatic N) is 3. The average molecular weight is 351 g/mol. The van der Waals surface area contributed by atoms with Crippen molar-refractivity contribution in [2.45, 2.75) is 32.4 Å². The van der Waals surface area contributed by atoms with E-state index < -0.39 is 0 Å². The molecule has 0 radical (unpaired) electrons. The summed E-state index contributed by atoms with van der Waals surface area (Å²) in [5.41, 5.74) is 0.828. The lowest BCUT2D eigenvalue weighted by molar-refractivity contribution is 0.0957. The van der Waals surface area contributed by atoms with Gasteiger partial charge in [-0.15, -0.1) is 11.3 Å². The van der Waals surface area contributed by atoms with Gasteiger partial charge in [-0.05, 0) is 19.8 Å². The number of carbonyl (C=O) groups is 2. The van der Waals surface area contributed by atoms with Gasteiger partial charge >= 0.3 is 12.1 Å². The van der Waals surface area contributed by atoms with Crippen LogP contribution in [0.1, 0.15) is 25.5 Å². The van der Waals surface area contributed by atoms with E-state index in [2.05, 4.69) is 15.6 Å². The molecule has 9 heteroatoms. The van der Waals surface area contributed by atoms with E-state index in [4.69, 9.17) is 4.74 Å². The summed E-state index contributed by atoms with van der Waals surface area (Å²) in [6.45, 7) is 3.76. The zero-order valence-corrected chi connectivity index (χ0v) is 14.3. The van der Waals surface area contributed by atoms with Crippen molar-refractivity contribution in [1.29, 1.82) is 0 Å². The number of thiazole rings is 1. The molecule has 8 nitrogen and oxygen atoms in total. The van der Waals surface area contributed by atoms with Gasteiger partial charge in [0.1, 0.15) is 0 Å². The molecule has 2 N–H and O–H groups in total. The summed E-state index contributed by atoms with van der Waals surface area (Å²) < 4.78 is 6.92. The maximum Gasteiger partial charge on any atom is 0.409 e. The van der Waals surface area contributed by atoms with Crippen LogP contribution in [0.5, 0.6) is 0 Å². The first-order valence-electron chi connectivity index (χ1n) is 8.03. The number of imidazole rings is 1. The van der Waals surface area contributed by atoms with Gasteiger partial charge in [0.05, 0.1) is 18.8 Å². The molecule has 0 atom stereocenters. The SMILES string of the molecule is CCOC(=O)N1CCC(NC(=O)NCc2cn3ccsc3n2)CC1. The molecule has 0 saturated carbocycles. The van der Waals surface area contributed by atoms with E-state index >= 15 is 0 Å². The topological polar surface area (TPSA) is 88.0 Å². The van der Waals surface area contributed by atoms with Crippen molar-refractivity contribution >= 4 is 28.4 Å². The summed E-state index contributed by atoms with van der Waals surface area (Å²) in [6.07, 6.45) is 5.02. The molecule has 0 aliphatic carbocycles. The van der Waals surface area contributed by atoms with Gasteiger partial charge in [-0.2, -0.15) is 0 Å². The zero-order valence-electron chi connectivity index (χ0n) is 13.5. The van der Waals surface area contributed by atoms with Crippen molar-refractivity contribution in [3.8, 4) is 0 Å². The third kappa shape index (κ3) is 3.97. The summed E-state index contributed by atoms with van der Waals surface area (Å²) in [7, 11) is 0. The number of nitrogens with one attached hydrogen (secondary N) is 2. The van der Waals surface area contributed by atoms with Crippen molar-refractivity contribution in [2.75, 3.05) is 19.7 Å². The van der Waals surface area contributed by atoms with E-state index in [1.54, 1.807) is 23.2 Å². The number of urea groups is 1. The molecule has 1 fully saturated rings. The lowest BCUT2D eigenvalue weighted by Gasteiger charge is -2.31. The molecule has 3 amide bonds. The first-order valence-corrected chi connectivity index (χ1v) is 8.91. The van der Waals surface area contributed by atoms with Gasteiger partial charge in [0.15, 0.2) is 4.96 Å². The average Bonchev–Trinajstić information content (AvgIpc) is 3.15. The molecule has 0 aromatic carbocycles. The molecule has 24 heavy (non-hydrogen) atoms. The second-order valence-electron chi connectivity index (χ2n) is 5.61. The Hall–Kier alpha value is -2.29. The molecular formula is C15H21N5O3S. The van der Waals surface area contributed by atoms with Crippen LogP contribution in [0.3, 0.4) is 0 Å². The number of likely N-dealkylation sites (tertiary alicyclic amines) is 1. The number of ether oxygens (including phenoxy) is 1. The molecule has 0 unspecified atom stereocenters. The van der Waals surface area contributed by atoms with E-state index in [1.165, 1.54) is 0 Å². The van der Waals surface area contributed by atoms with Crippen LogP contribution in [-0.2, 0) is 11.3 Å². The molecule has 0 spiro atoms. The third-order valence-electron chi connectivity index (χ3n) is 3.93. The highest BCUT2D eigenvalue weighted by Gasteiger charge is 2.24. The Labute approximate surface area is 143 Å². The minimum Gasteiger partial charge on any atom is -0.450 e. The Bertz CT molecular complexity index is 676. The Kier molecular flexibility index (Phi) is 5.19. The second-order valence-corrected chi connectivity index (χ2v) is 6.49. The highest BCUT2D eigenvalue weighted by atomic mass is 32.1. The quantitative estimate of drug-likeness (QED) is 0.879. The second kappa shape index (κ2) is 7.52. The molecule has 2 aromatic rings. The van der Waals surface area contributed by atoms with Gasteiger partial charge < -0.3 is 20.3 Å². The van der Waals surface area contributed by atoms with Crippen molar-refractivity contribution < 1.29 is 14.3 Å². The van der Waals surface area contributed by atoms with Crippen LogP contribution < -0.4 is 10.6 Å². The number of aromatic nitrogens is 2. The van der Waals surface area contributed by atoms with Gasteiger partial charge in [-0.3, -0.25) is 4.40 Å². The van der Waals surface area contributed by atoms with Crippen LogP contribution >= 0.6 is 11.3 Å². The van der Waals surface area contributed by atoms with E-state index in [9.17, 15) is 9.59 Å². The number of hydrogen-bond acceptors (Lipinski definition) is 5. The number of carbonyl (C=O) groups excluding carboxylic acids is 2. The Morgan fingerprint density at radius 3 is 2.92 bits per heavy atom. The Morgan fingerprint density at radius 2 is 2.21 bits per heavy atom. The Morgan fingerprint density at radius 1 is 1.42 bits per heavy atom. The molecule has 2 aromatic heterocycles. The van der Waals surface area contributed by atoms with E-state index in [1.807, 2.05) is 22.2 Å². The molecule has 1 aliphatic rings. The van der Waals surface area contributed by atoms with Crippen molar-refractivity contribution in [1.82, 2.24) is 24.9 Å². The lowest BCUT2D eigenvalue weighted by atomic mass is 10.1. The highest BCUT2D eigenvalue weighted by molar-refractivity contribution is 7.15. The summed E-state index contributed by atoms with van der Waals surface area (Å²) in [5, 5.41) is 7.74. The van der Waals surface area contributed by atoms with Gasteiger partial charge in [-0.25, -0.2) is 14.6 Å². The fourth-order valence-electron chi connectivity index (χ4n) is 2.69. The largest absolute Gasteiger partial charge is 0.450 e. The van der Waals surface area contributed by atoms with Crippen molar-refractivity contribution in [3.63, 3.8) is 0 Å². The minimum absolute atomic E-state index is 0.0705. The van der Waals surface area contributed by atoms with Gasteiger partial charge in [0.25, 0.3) is 0 Å². The van der Waals surface area contributed by atoms with Crippen LogP contribution in [0, 0.1) is 0 Å². The molecular weight excluding hydrogens is 330 g/mol. The fraction of sp³-hybridized carbons (Fsp3) is 0.533. The third-order valence-corrected chi connectivity index (χ3v) is 4.70. The number of piperidine rings is 1. The van der Waals surface area contributed by atoms with Gasteiger partial charge in [-0.1, -0.05) is 0 Å². The van der Waals surface area contributed by atoms with Crippen LogP contribution in [0.15, 0.2) is 17.8 Å². The maximum atomic E-state index is 12.0. The predicted octanol–water partition coefficient (Wildman–Crippen LogP) is 1.82. The van der Waals surface area contributed by atoms with Crippen molar-refractivity contribution in [2.24, 2.45) is 0 Å². The molecule has 1 saturated heterocycles. The summed E-state index contributed by atoms with van der Waals surface area (Å²) in [5.74, 6) is 0. The molecule has 0 bridgehead atoms. The van der Waals surface area contributed by atoms with E-state index in [0.717, 1.165) is 23.5 Å².